The maximum Gasteiger partial charge on any atom is 0.227 e. The second kappa shape index (κ2) is 2.34. The molecular formula is C9H12N4. The summed E-state index contributed by atoms with van der Waals surface area (Å²) in [6.07, 6.45) is 3.13. The molecule has 2 aliphatic rings. The molecule has 1 saturated carbocycles. The molecule has 68 valence electrons. The molecule has 1 aliphatic heterocycles. The van der Waals surface area contributed by atoms with Gasteiger partial charge in [0.1, 0.15) is 5.82 Å². The van der Waals surface area contributed by atoms with Crippen LogP contribution in [0.25, 0.3) is 0 Å². The number of anilines is 2. The van der Waals surface area contributed by atoms with E-state index in [9.17, 15) is 0 Å². The number of nitrogens with zero attached hydrogens (tertiary/aromatic N) is 3. The summed E-state index contributed by atoms with van der Waals surface area (Å²) in [5.41, 5.74) is 5.59. The van der Waals surface area contributed by atoms with Crippen LogP contribution in [0, 0.1) is 11.8 Å². The highest BCUT2D eigenvalue weighted by Gasteiger charge is 2.45. The molecule has 2 unspecified atom stereocenters. The molecule has 1 aliphatic carbocycles. The Morgan fingerprint density at radius 1 is 1.38 bits per heavy atom. The number of fused-ring (bicyclic) bond motifs is 1. The number of hydrogen-bond acceptors (Lipinski definition) is 4. The number of nitrogens with two attached hydrogens (primary N) is 1. The van der Waals surface area contributed by atoms with Crippen molar-refractivity contribution in [3.63, 3.8) is 0 Å². The van der Waals surface area contributed by atoms with Crippen molar-refractivity contribution < 1.29 is 0 Å². The summed E-state index contributed by atoms with van der Waals surface area (Å²) in [6, 6.07) is 1.72. The number of aromatic nitrogens is 2. The van der Waals surface area contributed by atoms with Gasteiger partial charge in [0, 0.05) is 19.3 Å². The molecule has 2 fully saturated rings. The van der Waals surface area contributed by atoms with Gasteiger partial charge in [0.25, 0.3) is 0 Å². The van der Waals surface area contributed by atoms with Crippen LogP contribution in [0.4, 0.5) is 11.8 Å². The Hall–Kier alpha value is -1.32. The van der Waals surface area contributed by atoms with Crippen LogP contribution in [0.1, 0.15) is 6.42 Å². The molecule has 0 amide bonds. The van der Waals surface area contributed by atoms with Gasteiger partial charge in [0.2, 0.25) is 5.95 Å². The summed E-state index contributed by atoms with van der Waals surface area (Å²) >= 11 is 0. The Kier molecular flexibility index (Phi) is 1.28. The SMILES string of the molecule is Nc1ccnc(N2CC3CC3C2)n1. The molecular weight excluding hydrogens is 164 g/mol. The van der Waals surface area contributed by atoms with Gasteiger partial charge in [-0.15, -0.1) is 0 Å². The van der Waals surface area contributed by atoms with Crippen LogP contribution < -0.4 is 10.6 Å². The van der Waals surface area contributed by atoms with Crippen molar-refractivity contribution in [1.29, 1.82) is 0 Å². The summed E-state index contributed by atoms with van der Waals surface area (Å²) in [6.45, 7) is 2.24. The maximum atomic E-state index is 5.59. The molecule has 1 aromatic heterocycles. The van der Waals surface area contributed by atoms with Gasteiger partial charge in [0.05, 0.1) is 0 Å². The molecule has 2 heterocycles. The second-order valence-corrected chi connectivity index (χ2v) is 3.94. The molecule has 0 bridgehead atoms. The first kappa shape index (κ1) is 7.12. The van der Waals surface area contributed by atoms with Crippen molar-refractivity contribution in [2.24, 2.45) is 11.8 Å². The molecule has 4 heteroatoms. The third kappa shape index (κ3) is 1.13. The molecule has 1 saturated heterocycles. The third-order valence-corrected chi connectivity index (χ3v) is 2.93. The summed E-state index contributed by atoms with van der Waals surface area (Å²) in [7, 11) is 0. The molecule has 4 nitrogen and oxygen atoms in total. The number of piperidine rings is 1. The fraction of sp³-hybridized carbons (Fsp3) is 0.556. The van der Waals surface area contributed by atoms with Gasteiger partial charge in [-0.3, -0.25) is 0 Å². The lowest BCUT2D eigenvalue weighted by Gasteiger charge is -2.17. The minimum Gasteiger partial charge on any atom is -0.384 e. The number of rotatable bonds is 1. The van der Waals surface area contributed by atoms with Crippen LogP contribution in [0.3, 0.4) is 0 Å². The van der Waals surface area contributed by atoms with E-state index in [2.05, 4.69) is 14.9 Å². The van der Waals surface area contributed by atoms with Crippen molar-refractivity contribution in [2.75, 3.05) is 23.7 Å². The molecule has 1 aromatic rings. The monoisotopic (exact) mass is 176 g/mol. The minimum atomic E-state index is 0.561. The number of nitrogen functional groups attached to an aromatic ring is 1. The largest absolute Gasteiger partial charge is 0.384 e. The average Bonchev–Trinajstić information content (AvgIpc) is 2.74. The first-order valence-corrected chi connectivity index (χ1v) is 4.66. The van der Waals surface area contributed by atoms with E-state index in [1.807, 2.05) is 0 Å². The van der Waals surface area contributed by atoms with Gasteiger partial charge < -0.3 is 10.6 Å². The van der Waals surface area contributed by atoms with Gasteiger partial charge in [-0.05, 0) is 24.3 Å². The topological polar surface area (TPSA) is 55.0 Å². The van der Waals surface area contributed by atoms with Crippen LogP contribution in [-0.2, 0) is 0 Å². The Morgan fingerprint density at radius 3 is 2.85 bits per heavy atom. The van der Waals surface area contributed by atoms with E-state index in [0.717, 1.165) is 30.9 Å². The number of hydrogen-bond donors (Lipinski definition) is 1. The fourth-order valence-electron chi connectivity index (χ4n) is 2.08. The quantitative estimate of drug-likeness (QED) is 0.677. The van der Waals surface area contributed by atoms with Crippen molar-refractivity contribution in [3.05, 3.63) is 12.3 Å². The smallest absolute Gasteiger partial charge is 0.227 e. The summed E-state index contributed by atoms with van der Waals surface area (Å²) < 4.78 is 0. The second-order valence-electron chi connectivity index (χ2n) is 3.94. The van der Waals surface area contributed by atoms with Crippen molar-refractivity contribution in [3.8, 4) is 0 Å². The fourth-order valence-corrected chi connectivity index (χ4v) is 2.08. The maximum absolute atomic E-state index is 5.59. The van der Waals surface area contributed by atoms with Crippen LogP contribution in [0.15, 0.2) is 12.3 Å². The Morgan fingerprint density at radius 2 is 2.15 bits per heavy atom. The van der Waals surface area contributed by atoms with E-state index in [1.54, 1.807) is 12.3 Å². The molecule has 13 heavy (non-hydrogen) atoms. The molecule has 0 spiro atoms. The van der Waals surface area contributed by atoms with Gasteiger partial charge in [-0.25, -0.2) is 4.98 Å². The molecule has 2 atom stereocenters. The van der Waals surface area contributed by atoms with Crippen molar-refractivity contribution >= 4 is 11.8 Å². The average molecular weight is 176 g/mol. The Balaban J connectivity index is 1.84. The lowest BCUT2D eigenvalue weighted by Crippen LogP contribution is -2.24. The zero-order chi connectivity index (χ0) is 8.84. The van der Waals surface area contributed by atoms with Gasteiger partial charge in [0.15, 0.2) is 0 Å². The lowest BCUT2D eigenvalue weighted by molar-refractivity contribution is 0.788. The van der Waals surface area contributed by atoms with Gasteiger partial charge in [-0.2, -0.15) is 4.98 Å². The van der Waals surface area contributed by atoms with Crippen molar-refractivity contribution in [1.82, 2.24) is 9.97 Å². The zero-order valence-electron chi connectivity index (χ0n) is 7.35. The Bertz CT molecular complexity index is 328. The van der Waals surface area contributed by atoms with E-state index < -0.39 is 0 Å². The Labute approximate surface area is 76.8 Å². The van der Waals surface area contributed by atoms with Crippen LogP contribution in [0.5, 0.6) is 0 Å². The molecule has 3 rings (SSSR count). The predicted molar refractivity (Wildman–Crippen MR) is 50.3 cm³/mol. The molecule has 0 aromatic carbocycles. The van der Waals surface area contributed by atoms with Crippen LogP contribution >= 0.6 is 0 Å². The van der Waals surface area contributed by atoms with E-state index in [1.165, 1.54) is 6.42 Å². The van der Waals surface area contributed by atoms with Crippen LogP contribution in [-0.4, -0.2) is 23.1 Å². The van der Waals surface area contributed by atoms with E-state index in [0.29, 0.717) is 5.82 Å². The normalized spacial score (nSPS) is 30.3. The van der Waals surface area contributed by atoms with Crippen molar-refractivity contribution in [2.45, 2.75) is 6.42 Å². The van der Waals surface area contributed by atoms with E-state index >= 15 is 0 Å². The summed E-state index contributed by atoms with van der Waals surface area (Å²) in [5, 5.41) is 0. The van der Waals surface area contributed by atoms with Gasteiger partial charge >= 0.3 is 0 Å². The van der Waals surface area contributed by atoms with E-state index in [-0.39, 0.29) is 0 Å². The predicted octanol–water partition coefficient (Wildman–Crippen LogP) is 0.515. The zero-order valence-corrected chi connectivity index (χ0v) is 7.35. The van der Waals surface area contributed by atoms with Crippen LogP contribution in [0.2, 0.25) is 0 Å². The first-order chi connectivity index (χ1) is 6.33. The highest BCUT2D eigenvalue weighted by molar-refractivity contribution is 5.40. The first-order valence-electron chi connectivity index (χ1n) is 4.66. The van der Waals surface area contributed by atoms with Gasteiger partial charge in [-0.1, -0.05) is 0 Å². The highest BCUT2D eigenvalue weighted by Crippen LogP contribution is 2.45. The third-order valence-electron chi connectivity index (χ3n) is 2.93. The lowest BCUT2D eigenvalue weighted by atomic mass is 10.4. The summed E-state index contributed by atoms with van der Waals surface area (Å²) in [4.78, 5) is 10.6. The minimum absolute atomic E-state index is 0.561. The summed E-state index contributed by atoms with van der Waals surface area (Å²) in [5.74, 6) is 3.17. The molecule has 0 radical (unpaired) electrons. The molecule has 2 N–H and O–H groups in total. The standard InChI is InChI=1S/C9H12N4/c10-8-1-2-11-9(12-8)13-4-6-3-7(6)5-13/h1-2,6-7H,3-5H2,(H2,10,11,12). The highest BCUT2D eigenvalue weighted by atomic mass is 15.3. The van der Waals surface area contributed by atoms with E-state index in [4.69, 9.17) is 5.73 Å².